The van der Waals surface area contributed by atoms with Crippen LogP contribution in [0.2, 0.25) is 10.0 Å². The van der Waals surface area contributed by atoms with Gasteiger partial charge >= 0.3 is 0 Å². The van der Waals surface area contributed by atoms with Gasteiger partial charge in [0.15, 0.2) is 0 Å². The molecule has 0 aromatic heterocycles. The molecule has 1 aromatic rings. The molecule has 2 N–H and O–H groups in total. The molecule has 1 rings (SSSR count). The van der Waals surface area contributed by atoms with Gasteiger partial charge in [0.05, 0.1) is 6.04 Å². The van der Waals surface area contributed by atoms with Crippen LogP contribution in [0.15, 0.2) is 18.2 Å². The highest BCUT2D eigenvalue weighted by molar-refractivity contribution is 6.35. The fourth-order valence-electron chi connectivity index (χ4n) is 1.99. The smallest absolute Gasteiger partial charge is 0.243 e. The number of nitrogens with one attached hydrogen (secondary N) is 2. The average molecular weight is 331 g/mol. The first kappa shape index (κ1) is 17.8. The number of carbonyl (C=O) groups excluding carboxylic acids is 2. The van der Waals surface area contributed by atoms with Gasteiger partial charge in [0.25, 0.3) is 0 Å². The molecule has 4 nitrogen and oxygen atoms in total. The topological polar surface area (TPSA) is 58.2 Å². The standard InChI is InChI=1S/C15H20Cl2N2O2/c1-8(2)14(19-10(4)20)15(21)18-9(3)12-6-5-11(16)7-13(12)17/h5-9,14H,1-4H3,(H,18,21)(H,19,20). The predicted molar refractivity (Wildman–Crippen MR) is 85.5 cm³/mol. The molecule has 2 amide bonds. The van der Waals surface area contributed by atoms with Gasteiger partial charge in [0, 0.05) is 17.0 Å². The van der Waals surface area contributed by atoms with Crippen LogP contribution in [0.5, 0.6) is 0 Å². The van der Waals surface area contributed by atoms with Crippen LogP contribution in [0, 0.1) is 5.92 Å². The molecule has 116 valence electrons. The van der Waals surface area contributed by atoms with E-state index in [0.717, 1.165) is 5.56 Å². The zero-order valence-corrected chi connectivity index (χ0v) is 14.0. The molecule has 0 radical (unpaired) electrons. The summed E-state index contributed by atoms with van der Waals surface area (Å²) < 4.78 is 0. The summed E-state index contributed by atoms with van der Waals surface area (Å²) in [5, 5.41) is 6.56. The van der Waals surface area contributed by atoms with Crippen LogP contribution in [0.25, 0.3) is 0 Å². The van der Waals surface area contributed by atoms with Gasteiger partial charge in [0.2, 0.25) is 11.8 Å². The zero-order valence-electron chi connectivity index (χ0n) is 12.5. The number of amides is 2. The maximum atomic E-state index is 12.3. The maximum Gasteiger partial charge on any atom is 0.243 e. The minimum Gasteiger partial charge on any atom is -0.348 e. The summed E-state index contributed by atoms with van der Waals surface area (Å²) in [6.45, 7) is 6.97. The van der Waals surface area contributed by atoms with E-state index in [2.05, 4.69) is 10.6 Å². The normalized spacial score (nSPS) is 13.7. The Labute approximate surface area is 135 Å². The van der Waals surface area contributed by atoms with E-state index in [1.807, 2.05) is 20.8 Å². The second-order valence-electron chi connectivity index (χ2n) is 5.32. The van der Waals surface area contributed by atoms with Crippen LogP contribution in [-0.2, 0) is 9.59 Å². The van der Waals surface area contributed by atoms with E-state index >= 15 is 0 Å². The minimum atomic E-state index is -0.573. The first-order valence-corrected chi connectivity index (χ1v) is 7.50. The van der Waals surface area contributed by atoms with Crippen molar-refractivity contribution in [3.63, 3.8) is 0 Å². The molecule has 1 aromatic carbocycles. The Kier molecular flexibility index (Phi) is 6.49. The summed E-state index contributed by atoms with van der Waals surface area (Å²) in [6.07, 6.45) is 0. The molecule has 0 aliphatic carbocycles. The third-order valence-electron chi connectivity index (χ3n) is 3.10. The summed E-state index contributed by atoms with van der Waals surface area (Å²) in [5.74, 6) is -0.485. The van der Waals surface area contributed by atoms with E-state index in [-0.39, 0.29) is 23.8 Å². The molecule has 0 saturated heterocycles. The van der Waals surface area contributed by atoms with Crippen LogP contribution >= 0.6 is 23.2 Å². The van der Waals surface area contributed by atoms with E-state index in [0.29, 0.717) is 10.0 Å². The Morgan fingerprint density at radius 3 is 2.19 bits per heavy atom. The maximum absolute atomic E-state index is 12.3. The Bertz CT molecular complexity index is 532. The molecule has 2 atom stereocenters. The van der Waals surface area contributed by atoms with Crippen LogP contribution in [0.3, 0.4) is 0 Å². The van der Waals surface area contributed by atoms with Crippen LogP contribution in [-0.4, -0.2) is 17.9 Å². The predicted octanol–water partition coefficient (Wildman–Crippen LogP) is 3.33. The van der Waals surface area contributed by atoms with Gasteiger partial charge in [-0.15, -0.1) is 0 Å². The van der Waals surface area contributed by atoms with Crippen LogP contribution < -0.4 is 10.6 Å². The number of rotatable bonds is 5. The Balaban J connectivity index is 2.82. The third kappa shape index (κ3) is 5.21. The summed E-state index contributed by atoms with van der Waals surface area (Å²) >= 11 is 12.0. The second kappa shape index (κ2) is 7.66. The number of hydrogen-bond acceptors (Lipinski definition) is 2. The van der Waals surface area contributed by atoms with Gasteiger partial charge < -0.3 is 10.6 Å². The molecule has 0 bridgehead atoms. The fraction of sp³-hybridized carbons (Fsp3) is 0.467. The summed E-state index contributed by atoms with van der Waals surface area (Å²) in [4.78, 5) is 23.5. The number of hydrogen-bond donors (Lipinski definition) is 2. The summed E-state index contributed by atoms with van der Waals surface area (Å²) in [6, 6.07) is 4.28. The van der Waals surface area contributed by atoms with Gasteiger partial charge in [-0.25, -0.2) is 0 Å². The molecule has 0 heterocycles. The lowest BCUT2D eigenvalue weighted by Crippen LogP contribution is -2.49. The third-order valence-corrected chi connectivity index (χ3v) is 3.66. The quantitative estimate of drug-likeness (QED) is 0.869. The van der Waals surface area contributed by atoms with Gasteiger partial charge in [-0.05, 0) is 30.5 Å². The Morgan fingerprint density at radius 1 is 1.10 bits per heavy atom. The lowest BCUT2D eigenvalue weighted by Gasteiger charge is -2.24. The largest absolute Gasteiger partial charge is 0.348 e. The van der Waals surface area contributed by atoms with Crippen LogP contribution in [0.4, 0.5) is 0 Å². The van der Waals surface area contributed by atoms with Crippen molar-refractivity contribution in [1.29, 1.82) is 0 Å². The van der Waals surface area contributed by atoms with Crippen molar-refractivity contribution in [2.75, 3.05) is 0 Å². The van der Waals surface area contributed by atoms with Crippen molar-refractivity contribution in [3.8, 4) is 0 Å². The number of benzene rings is 1. The highest BCUT2D eigenvalue weighted by Crippen LogP contribution is 2.26. The molecule has 21 heavy (non-hydrogen) atoms. The molecular weight excluding hydrogens is 311 g/mol. The summed E-state index contributed by atoms with van der Waals surface area (Å²) in [7, 11) is 0. The van der Waals surface area contributed by atoms with E-state index in [4.69, 9.17) is 23.2 Å². The van der Waals surface area contributed by atoms with E-state index in [1.54, 1.807) is 18.2 Å². The first-order chi connectivity index (χ1) is 9.72. The molecular formula is C15H20Cl2N2O2. The highest BCUT2D eigenvalue weighted by Gasteiger charge is 2.24. The van der Waals surface area contributed by atoms with E-state index < -0.39 is 6.04 Å². The van der Waals surface area contributed by atoms with Gasteiger partial charge in [-0.3, -0.25) is 9.59 Å². The molecule has 0 aliphatic rings. The Morgan fingerprint density at radius 2 is 1.71 bits per heavy atom. The van der Waals surface area contributed by atoms with Crippen molar-refractivity contribution >= 4 is 35.0 Å². The second-order valence-corrected chi connectivity index (χ2v) is 6.16. The lowest BCUT2D eigenvalue weighted by atomic mass is 10.0. The SMILES string of the molecule is CC(=O)NC(C(=O)NC(C)c1ccc(Cl)cc1Cl)C(C)C. The molecule has 0 fully saturated rings. The molecule has 0 spiro atoms. The molecule has 0 saturated carbocycles. The highest BCUT2D eigenvalue weighted by atomic mass is 35.5. The van der Waals surface area contributed by atoms with Crippen molar-refractivity contribution in [2.24, 2.45) is 5.92 Å². The molecule has 6 heteroatoms. The summed E-state index contributed by atoms with van der Waals surface area (Å²) in [5.41, 5.74) is 0.778. The van der Waals surface area contributed by atoms with Crippen molar-refractivity contribution in [1.82, 2.24) is 10.6 Å². The van der Waals surface area contributed by atoms with Crippen molar-refractivity contribution < 1.29 is 9.59 Å². The average Bonchev–Trinajstić information content (AvgIpc) is 2.34. The first-order valence-electron chi connectivity index (χ1n) is 6.74. The van der Waals surface area contributed by atoms with Gasteiger partial charge in [-0.2, -0.15) is 0 Å². The van der Waals surface area contributed by atoms with E-state index in [1.165, 1.54) is 6.92 Å². The zero-order chi connectivity index (χ0) is 16.2. The van der Waals surface area contributed by atoms with Crippen molar-refractivity contribution in [2.45, 2.75) is 39.8 Å². The number of halogens is 2. The van der Waals surface area contributed by atoms with Crippen molar-refractivity contribution in [3.05, 3.63) is 33.8 Å². The minimum absolute atomic E-state index is 0.0122. The fourth-order valence-corrected chi connectivity index (χ4v) is 2.56. The Hall–Kier alpha value is -1.26. The molecule has 0 aliphatic heterocycles. The molecule has 2 unspecified atom stereocenters. The van der Waals surface area contributed by atoms with Gasteiger partial charge in [0.1, 0.15) is 6.04 Å². The van der Waals surface area contributed by atoms with Crippen LogP contribution in [0.1, 0.15) is 39.3 Å². The lowest BCUT2D eigenvalue weighted by molar-refractivity contribution is -0.129. The monoisotopic (exact) mass is 330 g/mol. The number of carbonyl (C=O) groups is 2. The van der Waals surface area contributed by atoms with E-state index in [9.17, 15) is 9.59 Å². The van der Waals surface area contributed by atoms with Gasteiger partial charge in [-0.1, -0.05) is 43.1 Å².